The van der Waals surface area contributed by atoms with Gasteiger partial charge in [-0.1, -0.05) is 12.1 Å². The highest BCUT2D eigenvalue weighted by Crippen LogP contribution is 2.24. The van der Waals surface area contributed by atoms with Crippen LogP contribution in [0, 0.1) is 0 Å². The van der Waals surface area contributed by atoms with E-state index in [4.69, 9.17) is 16.3 Å². The van der Waals surface area contributed by atoms with Crippen molar-refractivity contribution >= 4 is 28.8 Å². The molecular formula is C20H18ClN5O. The van der Waals surface area contributed by atoms with Crippen molar-refractivity contribution < 1.29 is 4.74 Å². The molecule has 4 rings (SSSR count). The Bertz CT molecular complexity index is 1050. The highest BCUT2D eigenvalue weighted by atomic mass is 35.5. The molecule has 0 saturated heterocycles. The van der Waals surface area contributed by atoms with Gasteiger partial charge in [0.15, 0.2) is 0 Å². The Morgan fingerprint density at radius 1 is 1.11 bits per heavy atom. The molecule has 0 aliphatic heterocycles. The number of fused-ring (bicyclic) bond motifs is 1. The van der Waals surface area contributed by atoms with Gasteiger partial charge in [-0.25, -0.2) is 14.5 Å². The maximum atomic E-state index is 5.69. The minimum atomic E-state index is 0.515. The quantitative estimate of drug-likeness (QED) is 0.377. The van der Waals surface area contributed by atoms with Gasteiger partial charge >= 0.3 is 0 Å². The van der Waals surface area contributed by atoms with Gasteiger partial charge in [-0.3, -0.25) is 0 Å². The van der Waals surface area contributed by atoms with Crippen LogP contribution in [0.25, 0.3) is 16.8 Å². The summed E-state index contributed by atoms with van der Waals surface area (Å²) >= 11 is 5.69. The number of rotatable bonds is 7. The van der Waals surface area contributed by atoms with Gasteiger partial charge in [0.2, 0.25) is 5.95 Å². The summed E-state index contributed by atoms with van der Waals surface area (Å²) in [6, 6.07) is 15.5. The van der Waals surface area contributed by atoms with Gasteiger partial charge in [-0.05, 0) is 36.8 Å². The molecule has 0 bridgehead atoms. The van der Waals surface area contributed by atoms with E-state index in [2.05, 4.69) is 20.4 Å². The second kappa shape index (κ2) is 8.05. The SMILES string of the molecule is ClCCCOc1cccc(Nc2nccc(-c3cnn4ccccc34)n2)c1. The zero-order valence-corrected chi connectivity index (χ0v) is 15.3. The summed E-state index contributed by atoms with van der Waals surface area (Å²) in [6.07, 6.45) is 6.27. The van der Waals surface area contributed by atoms with Crippen LogP contribution in [0.5, 0.6) is 5.75 Å². The van der Waals surface area contributed by atoms with Gasteiger partial charge < -0.3 is 10.1 Å². The highest BCUT2D eigenvalue weighted by Gasteiger charge is 2.09. The monoisotopic (exact) mass is 379 g/mol. The molecule has 0 unspecified atom stereocenters. The van der Waals surface area contributed by atoms with Gasteiger partial charge in [0, 0.05) is 35.6 Å². The molecule has 136 valence electrons. The van der Waals surface area contributed by atoms with Crippen LogP contribution in [-0.2, 0) is 0 Å². The van der Waals surface area contributed by atoms with Crippen LogP contribution in [0.3, 0.4) is 0 Å². The summed E-state index contributed by atoms with van der Waals surface area (Å²) in [6.45, 7) is 0.591. The molecule has 0 saturated carbocycles. The molecule has 1 N–H and O–H groups in total. The van der Waals surface area contributed by atoms with Gasteiger partial charge in [0.05, 0.1) is 24.0 Å². The molecular weight excluding hydrogens is 362 g/mol. The second-order valence-corrected chi connectivity index (χ2v) is 6.28. The molecule has 4 aromatic rings. The third-order valence-corrected chi connectivity index (χ3v) is 4.26. The molecule has 0 fully saturated rings. The lowest BCUT2D eigenvalue weighted by Gasteiger charge is -2.09. The predicted molar refractivity (Wildman–Crippen MR) is 107 cm³/mol. The third kappa shape index (κ3) is 4.01. The van der Waals surface area contributed by atoms with Crippen molar-refractivity contribution in [3.8, 4) is 17.0 Å². The summed E-state index contributed by atoms with van der Waals surface area (Å²) < 4.78 is 7.50. The van der Waals surface area contributed by atoms with E-state index in [1.54, 1.807) is 6.20 Å². The van der Waals surface area contributed by atoms with Crippen molar-refractivity contribution in [1.29, 1.82) is 0 Å². The van der Waals surface area contributed by atoms with Crippen LogP contribution < -0.4 is 10.1 Å². The number of hydrogen-bond donors (Lipinski definition) is 1. The van der Waals surface area contributed by atoms with E-state index in [1.807, 2.05) is 65.4 Å². The van der Waals surface area contributed by atoms with Crippen LogP contribution in [-0.4, -0.2) is 32.1 Å². The largest absolute Gasteiger partial charge is 0.493 e. The lowest BCUT2D eigenvalue weighted by Crippen LogP contribution is -2.00. The fraction of sp³-hybridized carbons (Fsp3) is 0.150. The smallest absolute Gasteiger partial charge is 0.227 e. The minimum absolute atomic E-state index is 0.515. The molecule has 1 aromatic carbocycles. The van der Waals surface area contributed by atoms with Crippen LogP contribution >= 0.6 is 11.6 Å². The standard InChI is InChI=1S/C20H18ClN5O/c21-9-4-12-27-16-6-3-5-15(13-16)24-20-22-10-8-18(25-20)17-14-23-26-11-2-1-7-19(17)26/h1-3,5-8,10-11,13-14H,4,9,12H2,(H,22,24,25). The molecule has 0 aliphatic carbocycles. The van der Waals surface area contributed by atoms with E-state index in [9.17, 15) is 0 Å². The number of alkyl halides is 1. The summed E-state index contributed by atoms with van der Waals surface area (Å²) in [5.41, 5.74) is 3.62. The van der Waals surface area contributed by atoms with Crippen molar-refractivity contribution in [3.05, 3.63) is 67.1 Å². The Labute approximate surface area is 161 Å². The number of nitrogens with one attached hydrogen (secondary N) is 1. The topological polar surface area (TPSA) is 64.3 Å². The second-order valence-electron chi connectivity index (χ2n) is 5.90. The van der Waals surface area contributed by atoms with Crippen molar-refractivity contribution in [2.75, 3.05) is 17.8 Å². The van der Waals surface area contributed by atoms with Crippen LogP contribution in [0.1, 0.15) is 6.42 Å². The molecule has 3 heterocycles. The Morgan fingerprint density at radius 2 is 2.07 bits per heavy atom. The first-order valence-corrected chi connectivity index (χ1v) is 9.18. The van der Waals surface area contributed by atoms with Gasteiger partial charge in [0.25, 0.3) is 0 Å². The van der Waals surface area contributed by atoms with Crippen LogP contribution in [0.15, 0.2) is 67.1 Å². The van der Waals surface area contributed by atoms with Crippen molar-refractivity contribution in [2.24, 2.45) is 0 Å². The number of anilines is 2. The molecule has 6 nitrogen and oxygen atoms in total. The normalized spacial score (nSPS) is 10.9. The van der Waals surface area contributed by atoms with E-state index < -0.39 is 0 Å². The first-order valence-electron chi connectivity index (χ1n) is 8.65. The van der Waals surface area contributed by atoms with Crippen molar-refractivity contribution in [3.63, 3.8) is 0 Å². The first-order chi connectivity index (χ1) is 13.3. The Kier molecular flexibility index (Phi) is 5.16. The van der Waals surface area contributed by atoms with E-state index in [-0.39, 0.29) is 0 Å². The minimum Gasteiger partial charge on any atom is -0.493 e. The fourth-order valence-electron chi connectivity index (χ4n) is 2.74. The van der Waals surface area contributed by atoms with E-state index in [0.717, 1.165) is 34.6 Å². The van der Waals surface area contributed by atoms with E-state index >= 15 is 0 Å². The summed E-state index contributed by atoms with van der Waals surface area (Å²) in [4.78, 5) is 8.95. The van der Waals surface area contributed by atoms with Crippen LogP contribution in [0.4, 0.5) is 11.6 Å². The number of hydrogen-bond acceptors (Lipinski definition) is 5. The first kappa shape index (κ1) is 17.3. The lowest BCUT2D eigenvalue weighted by atomic mass is 10.2. The maximum absolute atomic E-state index is 5.69. The van der Waals surface area contributed by atoms with E-state index in [0.29, 0.717) is 18.4 Å². The van der Waals surface area contributed by atoms with Crippen LogP contribution in [0.2, 0.25) is 0 Å². The molecule has 0 amide bonds. The average Bonchev–Trinajstić information content (AvgIpc) is 3.13. The zero-order valence-electron chi connectivity index (χ0n) is 14.5. The molecule has 3 aromatic heterocycles. The molecule has 27 heavy (non-hydrogen) atoms. The number of pyridine rings is 1. The summed E-state index contributed by atoms with van der Waals surface area (Å²) in [7, 11) is 0. The van der Waals surface area contributed by atoms with Gasteiger partial charge in [-0.15, -0.1) is 11.6 Å². The number of benzene rings is 1. The Hall–Kier alpha value is -3.12. The van der Waals surface area contributed by atoms with Crippen molar-refractivity contribution in [1.82, 2.24) is 19.6 Å². The maximum Gasteiger partial charge on any atom is 0.227 e. The Morgan fingerprint density at radius 3 is 3.00 bits per heavy atom. The number of nitrogens with zero attached hydrogens (tertiary/aromatic N) is 4. The molecule has 0 radical (unpaired) electrons. The molecule has 0 atom stereocenters. The lowest BCUT2D eigenvalue weighted by molar-refractivity contribution is 0.318. The summed E-state index contributed by atoms with van der Waals surface area (Å²) in [5.74, 6) is 1.88. The van der Waals surface area contributed by atoms with E-state index in [1.165, 1.54) is 0 Å². The summed E-state index contributed by atoms with van der Waals surface area (Å²) in [5, 5.41) is 7.60. The Balaban J connectivity index is 1.56. The third-order valence-electron chi connectivity index (χ3n) is 3.99. The fourth-order valence-corrected chi connectivity index (χ4v) is 2.85. The number of ether oxygens (including phenoxy) is 1. The zero-order chi connectivity index (χ0) is 18.5. The number of aromatic nitrogens is 4. The molecule has 7 heteroatoms. The van der Waals surface area contributed by atoms with Crippen molar-refractivity contribution in [2.45, 2.75) is 6.42 Å². The predicted octanol–water partition coefficient (Wildman–Crippen LogP) is 4.54. The number of halogens is 1. The molecule has 0 spiro atoms. The molecule has 0 aliphatic rings. The van der Waals surface area contributed by atoms with Gasteiger partial charge in [-0.2, -0.15) is 5.10 Å². The average molecular weight is 380 g/mol. The van der Waals surface area contributed by atoms with Gasteiger partial charge in [0.1, 0.15) is 5.75 Å². The highest BCUT2D eigenvalue weighted by molar-refractivity contribution is 6.17.